The molecule has 0 aromatic rings. The van der Waals surface area contributed by atoms with Crippen LogP contribution < -0.4 is 0 Å². The smallest absolute Gasteiger partial charge is 0.216 e. The first-order valence-corrected chi connectivity index (χ1v) is 7.81. The Morgan fingerprint density at radius 1 is 1.35 bits per heavy atom. The lowest BCUT2D eigenvalue weighted by Crippen LogP contribution is -2.47. The van der Waals surface area contributed by atoms with Gasteiger partial charge in [0, 0.05) is 13.7 Å². The highest BCUT2D eigenvalue weighted by Crippen LogP contribution is 2.24. The predicted octanol–water partition coefficient (Wildman–Crippen LogP) is 0.588. The summed E-state index contributed by atoms with van der Waals surface area (Å²) in [6.45, 7) is 2.57. The van der Waals surface area contributed by atoms with Crippen LogP contribution in [0.3, 0.4) is 0 Å². The Bertz CT molecular complexity index is 317. The Labute approximate surface area is 104 Å². The molecule has 1 saturated carbocycles. The number of likely N-dealkylation sites (N-methyl/N-ethyl adjacent to an activating group) is 1. The minimum Gasteiger partial charge on any atom is -0.391 e. The maximum atomic E-state index is 12.0. The summed E-state index contributed by atoms with van der Waals surface area (Å²) < 4.78 is 30.4. The van der Waals surface area contributed by atoms with Crippen molar-refractivity contribution < 1.29 is 18.3 Å². The second kappa shape index (κ2) is 6.68. The van der Waals surface area contributed by atoms with Crippen LogP contribution in [0.2, 0.25) is 0 Å². The van der Waals surface area contributed by atoms with Crippen molar-refractivity contribution >= 4 is 10.0 Å². The molecular weight excluding hydrogens is 242 g/mol. The average Bonchev–Trinajstić information content (AvgIpc) is 2.29. The van der Waals surface area contributed by atoms with Gasteiger partial charge in [0.15, 0.2) is 0 Å². The van der Waals surface area contributed by atoms with E-state index >= 15 is 0 Å². The number of hydrogen-bond acceptors (Lipinski definition) is 4. The van der Waals surface area contributed by atoms with Crippen molar-refractivity contribution in [1.82, 2.24) is 4.31 Å². The number of aliphatic hydroxyl groups excluding tert-OH is 1. The Balaban J connectivity index is 2.57. The van der Waals surface area contributed by atoms with E-state index < -0.39 is 16.1 Å². The van der Waals surface area contributed by atoms with Crippen LogP contribution in [-0.4, -0.2) is 56.0 Å². The maximum absolute atomic E-state index is 12.0. The molecule has 0 amide bonds. The number of ether oxygens (including phenoxy) is 1. The molecule has 17 heavy (non-hydrogen) atoms. The standard InChI is InChI=1S/C11H23NO4S/c1-3-16-8-9-17(14,15)12(2)10-6-4-5-7-11(10)13/h10-11,13H,3-9H2,1-2H3. The summed E-state index contributed by atoms with van der Waals surface area (Å²) in [6.07, 6.45) is 2.86. The third kappa shape index (κ3) is 4.21. The summed E-state index contributed by atoms with van der Waals surface area (Å²) >= 11 is 0. The molecule has 1 fully saturated rings. The van der Waals surface area contributed by atoms with Crippen LogP contribution in [-0.2, 0) is 14.8 Å². The van der Waals surface area contributed by atoms with Gasteiger partial charge in [-0.3, -0.25) is 0 Å². The summed E-state index contributed by atoms with van der Waals surface area (Å²) in [5, 5.41) is 9.84. The zero-order valence-corrected chi connectivity index (χ0v) is 11.4. The van der Waals surface area contributed by atoms with E-state index in [9.17, 15) is 13.5 Å². The van der Waals surface area contributed by atoms with Gasteiger partial charge in [-0.2, -0.15) is 4.31 Å². The molecule has 1 aliphatic carbocycles. The van der Waals surface area contributed by atoms with Crippen LogP contribution in [0.15, 0.2) is 0 Å². The van der Waals surface area contributed by atoms with Crippen LogP contribution in [0, 0.1) is 0 Å². The lowest BCUT2D eigenvalue weighted by Gasteiger charge is -2.34. The van der Waals surface area contributed by atoms with Crippen molar-refractivity contribution in [3.05, 3.63) is 0 Å². The van der Waals surface area contributed by atoms with E-state index in [1.165, 1.54) is 4.31 Å². The quantitative estimate of drug-likeness (QED) is 0.714. The number of rotatable bonds is 6. The fourth-order valence-corrected chi connectivity index (χ4v) is 3.45. The van der Waals surface area contributed by atoms with Gasteiger partial charge in [0.25, 0.3) is 0 Å². The van der Waals surface area contributed by atoms with Gasteiger partial charge in [0.05, 0.1) is 24.5 Å². The third-order valence-corrected chi connectivity index (χ3v) is 5.12. The van der Waals surface area contributed by atoms with Crippen LogP contribution in [0.5, 0.6) is 0 Å². The van der Waals surface area contributed by atoms with Gasteiger partial charge in [-0.15, -0.1) is 0 Å². The predicted molar refractivity (Wildman–Crippen MR) is 66.3 cm³/mol. The largest absolute Gasteiger partial charge is 0.391 e. The van der Waals surface area contributed by atoms with Crippen LogP contribution in [0.1, 0.15) is 32.6 Å². The fourth-order valence-electron chi connectivity index (χ4n) is 2.17. The van der Waals surface area contributed by atoms with Crippen molar-refractivity contribution in [2.45, 2.75) is 44.8 Å². The number of sulfonamides is 1. The first kappa shape index (κ1) is 14.9. The first-order valence-electron chi connectivity index (χ1n) is 6.20. The van der Waals surface area contributed by atoms with Crippen LogP contribution >= 0.6 is 0 Å². The van der Waals surface area contributed by atoms with Crippen LogP contribution in [0.4, 0.5) is 0 Å². The molecular formula is C11H23NO4S. The molecule has 2 atom stereocenters. The molecule has 0 spiro atoms. The Morgan fingerprint density at radius 2 is 2.00 bits per heavy atom. The molecule has 1 rings (SSSR count). The second-order valence-corrected chi connectivity index (χ2v) is 6.60. The molecule has 0 heterocycles. The molecule has 6 heteroatoms. The molecule has 0 bridgehead atoms. The summed E-state index contributed by atoms with van der Waals surface area (Å²) in [6, 6.07) is -0.268. The number of nitrogens with zero attached hydrogens (tertiary/aromatic N) is 1. The van der Waals surface area contributed by atoms with Gasteiger partial charge >= 0.3 is 0 Å². The molecule has 0 aromatic heterocycles. The monoisotopic (exact) mass is 265 g/mol. The Hall–Kier alpha value is -0.170. The molecule has 1 N–H and O–H groups in total. The second-order valence-electron chi connectivity index (χ2n) is 4.45. The van der Waals surface area contributed by atoms with Gasteiger partial charge in [-0.1, -0.05) is 12.8 Å². The Morgan fingerprint density at radius 3 is 2.59 bits per heavy atom. The van der Waals surface area contributed by atoms with Gasteiger partial charge < -0.3 is 9.84 Å². The van der Waals surface area contributed by atoms with Crippen LogP contribution in [0.25, 0.3) is 0 Å². The molecule has 0 saturated heterocycles. The number of hydrogen-bond donors (Lipinski definition) is 1. The molecule has 1 aliphatic rings. The van der Waals surface area contributed by atoms with E-state index in [0.717, 1.165) is 19.3 Å². The highest BCUT2D eigenvalue weighted by molar-refractivity contribution is 7.89. The van der Waals surface area contributed by atoms with Crippen molar-refractivity contribution in [2.24, 2.45) is 0 Å². The molecule has 5 nitrogen and oxygen atoms in total. The van der Waals surface area contributed by atoms with E-state index in [4.69, 9.17) is 4.74 Å². The van der Waals surface area contributed by atoms with Gasteiger partial charge in [0.2, 0.25) is 10.0 Å². The maximum Gasteiger partial charge on any atom is 0.216 e. The van der Waals surface area contributed by atoms with Gasteiger partial charge in [-0.25, -0.2) is 8.42 Å². The van der Waals surface area contributed by atoms with E-state index in [2.05, 4.69) is 0 Å². The van der Waals surface area contributed by atoms with Crippen molar-refractivity contribution in [3.63, 3.8) is 0 Å². The fraction of sp³-hybridized carbons (Fsp3) is 1.00. The number of aliphatic hydroxyl groups is 1. The average molecular weight is 265 g/mol. The zero-order valence-electron chi connectivity index (χ0n) is 10.6. The van der Waals surface area contributed by atoms with E-state index in [1.54, 1.807) is 7.05 Å². The minimum absolute atomic E-state index is 0.0133. The lowest BCUT2D eigenvalue weighted by molar-refractivity contribution is 0.0633. The Kier molecular flexibility index (Phi) is 5.85. The topological polar surface area (TPSA) is 66.8 Å². The summed E-state index contributed by atoms with van der Waals surface area (Å²) in [5.74, 6) is -0.0133. The molecule has 0 radical (unpaired) electrons. The molecule has 102 valence electrons. The minimum atomic E-state index is -3.32. The molecule has 2 unspecified atom stereocenters. The van der Waals surface area contributed by atoms with Gasteiger partial charge in [-0.05, 0) is 19.8 Å². The normalized spacial score (nSPS) is 26.4. The lowest BCUT2D eigenvalue weighted by atomic mass is 9.93. The van der Waals surface area contributed by atoms with E-state index in [0.29, 0.717) is 13.0 Å². The van der Waals surface area contributed by atoms with Crippen molar-refractivity contribution in [2.75, 3.05) is 26.0 Å². The van der Waals surface area contributed by atoms with E-state index in [1.807, 2.05) is 6.92 Å². The van der Waals surface area contributed by atoms with Crippen molar-refractivity contribution in [3.8, 4) is 0 Å². The zero-order chi connectivity index (χ0) is 12.9. The van der Waals surface area contributed by atoms with Gasteiger partial charge in [0.1, 0.15) is 0 Å². The first-order chi connectivity index (χ1) is 7.99. The summed E-state index contributed by atoms with van der Waals surface area (Å²) in [7, 11) is -1.76. The highest BCUT2D eigenvalue weighted by atomic mass is 32.2. The SMILES string of the molecule is CCOCCS(=O)(=O)N(C)C1CCCCC1O. The summed E-state index contributed by atoms with van der Waals surface area (Å²) in [5.41, 5.74) is 0. The van der Waals surface area contributed by atoms with E-state index in [-0.39, 0.29) is 18.4 Å². The highest BCUT2D eigenvalue weighted by Gasteiger charge is 2.32. The van der Waals surface area contributed by atoms with Crippen molar-refractivity contribution in [1.29, 1.82) is 0 Å². The third-order valence-electron chi connectivity index (χ3n) is 3.29. The molecule has 0 aromatic carbocycles. The summed E-state index contributed by atoms with van der Waals surface area (Å²) in [4.78, 5) is 0. The molecule has 0 aliphatic heterocycles.